The van der Waals surface area contributed by atoms with Crippen LogP contribution in [0, 0.1) is 0 Å². The highest BCUT2D eigenvalue weighted by Gasteiger charge is 2.28. The second-order valence-corrected chi connectivity index (χ2v) is 8.48. The molecule has 1 aromatic rings. The fourth-order valence-corrected chi connectivity index (χ4v) is 4.47. The molecular formula is C15H23N5O3S2. The molecule has 0 spiro atoms. The van der Waals surface area contributed by atoms with Crippen molar-refractivity contribution >= 4 is 46.0 Å². The van der Waals surface area contributed by atoms with E-state index in [-0.39, 0.29) is 23.8 Å². The summed E-state index contributed by atoms with van der Waals surface area (Å²) in [5.41, 5.74) is 0. The monoisotopic (exact) mass is 385 g/mol. The number of amides is 3. The topological polar surface area (TPSA) is 104 Å². The number of carbonyl (C=O) groups is 3. The molecule has 0 unspecified atom stereocenters. The Morgan fingerprint density at radius 3 is 2.48 bits per heavy atom. The average Bonchev–Trinajstić information content (AvgIpc) is 2.99. The molecular weight excluding hydrogens is 362 g/mol. The van der Waals surface area contributed by atoms with E-state index in [0.29, 0.717) is 9.47 Å². The molecule has 10 heteroatoms. The Hall–Kier alpha value is -1.68. The predicted molar refractivity (Wildman–Crippen MR) is 98.0 cm³/mol. The van der Waals surface area contributed by atoms with E-state index < -0.39 is 5.25 Å². The molecule has 1 fully saturated rings. The maximum atomic E-state index is 12.1. The molecule has 1 aliphatic carbocycles. The number of rotatable bonds is 6. The summed E-state index contributed by atoms with van der Waals surface area (Å²) in [5, 5.41) is 12.9. The van der Waals surface area contributed by atoms with E-state index in [2.05, 4.69) is 20.8 Å². The van der Waals surface area contributed by atoms with Crippen LogP contribution in [0.2, 0.25) is 0 Å². The summed E-state index contributed by atoms with van der Waals surface area (Å²) in [6, 6.07) is -0.0950. The average molecular weight is 386 g/mol. The Labute approximate surface area is 155 Å². The van der Waals surface area contributed by atoms with Crippen molar-refractivity contribution in [3.8, 4) is 0 Å². The van der Waals surface area contributed by atoms with Gasteiger partial charge in [0.15, 0.2) is 10.1 Å². The number of hydrogen-bond acceptors (Lipinski definition) is 7. The van der Waals surface area contributed by atoms with Crippen LogP contribution in [0.4, 0.5) is 9.93 Å². The van der Waals surface area contributed by atoms with Crippen molar-refractivity contribution in [3.63, 3.8) is 0 Å². The first-order valence-electron chi connectivity index (χ1n) is 8.16. The molecule has 0 bridgehead atoms. The number of nitrogens with zero attached hydrogens (tertiary/aromatic N) is 3. The molecule has 0 saturated heterocycles. The van der Waals surface area contributed by atoms with E-state index in [9.17, 15) is 14.4 Å². The largest absolute Gasteiger partial charge is 0.347 e. The third-order valence-corrected chi connectivity index (χ3v) is 6.04. The van der Waals surface area contributed by atoms with Gasteiger partial charge in [0.25, 0.3) is 0 Å². The van der Waals surface area contributed by atoms with Crippen LogP contribution in [0.1, 0.15) is 39.0 Å². The molecule has 1 aromatic heterocycles. The van der Waals surface area contributed by atoms with Crippen molar-refractivity contribution in [2.45, 2.75) is 54.7 Å². The highest BCUT2D eigenvalue weighted by atomic mass is 32.2. The molecule has 0 aromatic carbocycles. The number of nitrogens with one attached hydrogen (secondary N) is 2. The van der Waals surface area contributed by atoms with Gasteiger partial charge in [0.1, 0.15) is 5.25 Å². The lowest BCUT2D eigenvalue weighted by Gasteiger charge is -2.22. The molecule has 8 nitrogen and oxygen atoms in total. The van der Waals surface area contributed by atoms with E-state index in [4.69, 9.17) is 0 Å². The third-order valence-electron chi connectivity index (χ3n) is 3.82. The molecule has 1 aliphatic rings. The van der Waals surface area contributed by atoms with Crippen molar-refractivity contribution < 1.29 is 14.4 Å². The fourth-order valence-electron chi connectivity index (χ4n) is 2.52. The first-order valence-corrected chi connectivity index (χ1v) is 9.85. The number of aromatic nitrogens is 2. The van der Waals surface area contributed by atoms with Gasteiger partial charge in [-0.25, -0.2) is 4.79 Å². The van der Waals surface area contributed by atoms with Gasteiger partial charge in [-0.1, -0.05) is 42.4 Å². The van der Waals surface area contributed by atoms with E-state index in [1.54, 1.807) is 14.1 Å². The van der Waals surface area contributed by atoms with Gasteiger partial charge in [0.2, 0.25) is 11.0 Å². The van der Waals surface area contributed by atoms with Crippen molar-refractivity contribution in [2.75, 3.05) is 19.4 Å². The van der Waals surface area contributed by atoms with Gasteiger partial charge in [-0.3, -0.25) is 14.9 Å². The minimum atomic E-state index is -0.855. The highest BCUT2D eigenvalue weighted by molar-refractivity contribution is 8.03. The number of thioether (sulfide) groups is 1. The van der Waals surface area contributed by atoms with Crippen LogP contribution in [0.25, 0.3) is 0 Å². The van der Waals surface area contributed by atoms with Gasteiger partial charge in [0.05, 0.1) is 0 Å². The van der Waals surface area contributed by atoms with Crippen LogP contribution in [0.5, 0.6) is 0 Å². The minimum absolute atomic E-state index is 0.204. The highest BCUT2D eigenvalue weighted by Crippen LogP contribution is 2.30. The van der Waals surface area contributed by atoms with Crippen LogP contribution < -0.4 is 10.6 Å². The lowest BCUT2D eigenvalue weighted by molar-refractivity contribution is -0.132. The number of Topliss-reactive ketones (excluding diaryl/α,β-unsaturated/α-hetero) is 1. The molecule has 3 amide bonds. The number of hydrogen-bond donors (Lipinski definition) is 2. The van der Waals surface area contributed by atoms with Crippen LogP contribution >= 0.6 is 23.1 Å². The first kappa shape index (κ1) is 19.6. The van der Waals surface area contributed by atoms with Gasteiger partial charge >= 0.3 is 6.03 Å². The van der Waals surface area contributed by atoms with Gasteiger partial charge < -0.3 is 10.2 Å². The van der Waals surface area contributed by atoms with Crippen LogP contribution in [0.3, 0.4) is 0 Å². The number of urea groups is 1. The molecule has 2 rings (SSSR count). The van der Waals surface area contributed by atoms with Crippen LogP contribution in [0.15, 0.2) is 4.34 Å². The lowest BCUT2D eigenvalue weighted by Crippen LogP contribution is -2.38. The lowest BCUT2D eigenvalue weighted by atomic mass is 9.96. The Morgan fingerprint density at radius 1 is 1.20 bits per heavy atom. The van der Waals surface area contributed by atoms with Crippen molar-refractivity contribution in [1.29, 1.82) is 0 Å². The predicted octanol–water partition coefficient (Wildman–Crippen LogP) is 2.13. The number of carbonyl (C=O) groups excluding carboxylic acids is 3. The quantitative estimate of drug-likeness (QED) is 0.442. The summed E-state index contributed by atoms with van der Waals surface area (Å²) < 4.78 is 0.461. The van der Waals surface area contributed by atoms with Gasteiger partial charge in [0, 0.05) is 20.1 Å². The Balaban J connectivity index is 1.91. The summed E-state index contributed by atoms with van der Waals surface area (Å²) in [7, 11) is 3.20. The summed E-state index contributed by atoms with van der Waals surface area (Å²) in [6.45, 7) is 1.37. The summed E-state index contributed by atoms with van der Waals surface area (Å²) >= 11 is 2.19. The Morgan fingerprint density at radius 2 is 1.88 bits per heavy atom. The molecule has 2 N–H and O–H groups in total. The second kappa shape index (κ2) is 9.14. The number of ketones is 1. The van der Waals surface area contributed by atoms with E-state index in [0.717, 1.165) is 48.8 Å². The second-order valence-electron chi connectivity index (χ2n) is 6.15. The molecule has 0 radical (unpaired) electrons. The molecule has 138 valence electrons. The summed E-state index contributed by atoms with van der Waals surface area (Å²) in [6.07, 6.45) is 5.49. The Bertz CT molecular complexity index is 628. The van der Waals surface area contributed by atoms with Crippen molar-refractivity contribution in [1.82, 2.24) is 20.4 Å². The van der Waals surface area contributed by atoms with Gasteiger partial charge in [-0.05, 0) is 19.8 Å². The molecule has 1 saturated carbocycles. The van der Waals surface area contributed by atoms with Crippen LogP contribution in [-0.2, 0) is 9.59 Å². The standard InChI is InChI=1S/C15H23N5O3S2/c1-9(21)11(12(22)20(2)3)24-15-19-18-14(25-15)17-13(23)16-10-7-5-4-6-8-10/h10-11H,4-8H2,1-3H3,(H2,16,17,18,23)/t11-/m1/s1. The molecule has 25 heavy (non-hydrogen) atoms. The van der Waals surface area contributed by atoms with E-state index in [1.165, 1.54) is 18.2 Å². The van der Waals surface area contributed by atoms with Crippen molar-refractivity contribution in [3.05, 3.63) is 0 Å². The summed E-state index contributed by atoms with van der Waals surface area (Å²) in [4.78, 5) is 37.1. The van der Waals surface area contributed by atoms with Crippen molar-refractivity contribution in [2.24, 2.45) is 0 Å². The van der Waals surface area contributed by atoms with Crippen LogP contribution in [-0.4, -0.2) is 58.2 Å². The zero-order valence-corrected chi connectivity index (χ0v) is 16.2. The molecule has 1 atom stereocenters. The minimum Gasteiger partial charge on any atom is -0.347 e. The number of anilines is 1. The zero-order valence-electron chi connectivity index (χ0n) is 14.6. The zero-order chi connectivity index (χ0) is 18.4. The maximum absolute atomic E-state index is 12.1. The SMILES string of the molecule is CC(=O)[C@@H](Sc1nnc(NC(=O)NC2CCCCC2)s1)C(=O)N(C)C. The van der Waals surface area contributed by atoms with E-state index in [1.807, 2.05) is 0 Å². The smallest absolute Gasteiger partial charge is 0.321 e. The third kappa shape index (κ3) is 5.96. The van der Waals surface area contributed by atoms with Gasteiger partial charge in [-0.2, -0.15) is 0 Å². The molecule has 1 heterocycles. The normalized spacial score (nSPS) is 16.1. The summed E-state index contributed by atoms with van der Waals surface area (Å²) in [5.74, 6) is -0.541. The maximum Gasteiger partial charge on any atom is 0.321 e. The molecule has 0 aliphatic heterocycles. The first-order chi connectivity index (χ1) is 11.9. The fraction of sp³-hybridized carbons (Fsp3) is 0.667. The Kier molecular flexibility index (Phi) is 7.18. The van der Waals surface area contributed by atoms with E-state index >= 15 is 0 Å². The van der Waals surface area contributed by atoms with Gasteiger partial charge in [-0.15, -0.1) is 10.2 Å².